The SMILES string of the molecule is C[C@@H]1CCc2c(cnc3cc(Cl)nn23)N1. The Morgan fingerprint density at radius 1 is 1.60 bits per heavy atom. The third-order valence-electron chi connectivity index (χ3n) is 2.77. The number of rotatable bonds is 0. The van der Waals surface area contributed by atoms with E-state index in [2.05, 4.69) is 22.3 Å². The fraction of sp³-hybridized carbons (Fsp3) is 0.400. The molecule has 2 aromatic heterocycles. The molecule has 1 aliphatic heterocycles. The quantitative estimate of drug-likeness (QED) is 0.743. The Bertz CT molecular complexity index is 519. The maximum absolute atomic E-state index is 5.86. The molecule has 0 unspecified atom stereocenters. The Labute approximate surface area is 92.3 Å². The van der Waals surface area contributed by atoms with E-state index in [4.69, 9.17) is 11.6 Å². The molecule has 0 saturated carbocycles. The van der Waals surface area contributed by atoms with Crippen molar-refractivity contribution in [3.8, 4) is 0 Å². The van der Waals surface area contributed by atoms with Crippen molar-refractivity contribution < 1.29 is 0 Å². The summed E-state index contributed by atoms with van der Waals surface area (Å²) in [6.45, 7) is 2.17. The second-order valence-electron chi connectivity index (χ2n) is 3.94. The Morgan fingerprint density at radius 3 is 3.33 bits per heavy atom. The lowest BCUT2D eigenvalue weighted by Crippen LogP contribution is -2.24. The maximum atomic E-state index is 5.86. The van der Waals surface area contributed by atoms with Crippen LogP contribution < -0.4 is 5.32 Å². The van der Waals surface area contributed by atoms with E-state index in [1.807, 2.05) is 10.7 Å². The summed E-state index contributed by atoms with van der Waals surface area (Å²) in [6, 6.07) is 2.28. The summed E-state index contributed by atoms with van der Waals surface area (Å²) < 4.78 is 1.83. The van der Waals surface area contributed by atoms with Gasteiger partial charge in [0.1, 0.15) is 0 Å². The standard InChI is InChI=1S/C10H11ClN4/c1-6-2-3-8-7(13-6)5-12-10-4-9(11)14-15(8)10/h4-6,13H,2-3H2,1H3/t6-/m1/s1. The zero-order valence-electron chi connectivity index (χ0n) is 8.37. The highest BCUT2D eigenvalue weighted by Gasteiger charge is 2.18. The molecule has 4 nitrogen and oxygen atoms in total. The molecule has 1 atom stereocenters. The molecule has 78 valence electrons. The molecular formula is C10H11ClN4. The van der Waals surface area contributed by atoms with Crippen molar-refractivity contribution in [3.05, 3.63) is 23.1 Å². The summed E-state index contributed by atoms with van der Waals surface area (Å²) >= 11 is 5.86. The summed E-state index contributed by atoms with van der Waals surface area (Å²) in [7, 11) is 0. The maximum Gasteiger partial charge on any atom is 0.156 e. The molecule has 0 fully saturated rings. The van der Waals surface area contributed by atoms with Gasteiger partial charge < -0.3 is 5.32 Å². The van der Waals surface area contributed by atoms with Crippen LogP contribution in [0, 0.1) is 0 Å². The highest BCUT2D eigenvalue weighted by Crippen LogP contribution is 2.25. The van der Waals surface area contributed by atoms with Crippen LogP contribution in [-0.4, -0.2) is 20.6 Å². The highest BCUT2D eigenvalue weighted by atomic mass is 35.5. The van der Waals surface area contributed by atoms with Crippen LogP contribution in [0.4, 0.5) is 5.69 Å². The molecule has 0 amide bonds. The van der Waals surface area contributed by atoms with Crippen molar-refractivity contribution in [3.63, 3.8) is 0 Å². The number of halogens is 1. The van der Waals surface area contributed by atoms with Gasteiger partial charge in [0.25, 0.3) is 0 Å². The fourth-order valence-corrected chi connectivity index (χ4v) is 2.18. The predicted molar refractivity (Wildman–Crippen MR) is 59.4 cm³/mol. The first-order valence-corrected chi connectivity index (χ1v) is 5.41. The molecule has 3 rings (SSSR count). The summed E-state index contributed by atoms with van der Waals surface area (Å²) in [5, 5.41) is 8.12. The molecule has 3 heterocycles. The zero-order chi connectivity index (χ0) is 10.4. The van der Waals surface area contributed by atoms with Crippen molar-refractivity contribution in [1.29, 1.82) is 0 Å². The Morgan fingerprint density at radius 2 is 2.47 bits per heavy atom. The number of aryl methyl sites for hydroxylation is 1. The molecule has 2 aromatic rings. The van der Waals surface area contributed by atoms with Crippen molar-refractivity contribution in [2.75, 3.05) is 5.32 Å². The van der Waals surface area contributed by atoms with Gasteiger partial charge in [-0.3, -0.25) is 0 Å². The van der Waals surface area contributed by atoms with E-state index in [1.54, 1.807) is 6.07 Å². The highest BCUT2D eigenvalue weighted by molar-refractivity contribution is 6.29. The lowest BCUT2D eigenvalue weighted by atomic mass is 10.1. The van der Waals surface area contributed by atoms with Crippen LogP contribution in [0.15, 0.2) is 12.3 Å². The van der Waals surface area contributed by atoms with Gasteiger partial charge in [0.15, 0.2) is 10.8 Å². The number of anilines is 1. The predicted octanol–water partition coefficient (Wildman–Crippen LogP) is 2.13. The van der Waals surface area contributed by atoms with Crippen molar-refractivity contribution >= 4 is 22.9 Å². The van der Waals surface area contributed by atoms with E-state index < -0.39 is 0 Å². The molecular weight excluding hydrogens is 212 g/mol. The number of nitrogens with one attached hydrogen (secondary N) is 1. The zero-order valence-corrected chi connectivity index (χ0v) is 9.12. The third-order valence-corrected chi connectivity index (χ3v) is 2.95. The summed E-state index contributed by atoms with van der Waals surface area (Å²) in [5.74, 6) is 0. The van der Waals surface area contributed by atoms with Gasteiger partial charge in [0.05, 0.1) is 17.6 Å². The lowest BCUT2D eigenvalue weighted by molar-refractivity contribution is 0.647. The Kier molecular flexibility index (Phi) is 1.85. The van der Waals surface area contributed by atoms with Gasteiger partial charge in [-0.15, -0.1) is 0 Å². The first-order chi connectivity index (χ1) is 7.24. The average molecular weight is 223 g/mol. The average Bonchev–Trinajstić information content (AvgIpc) is 2.58. The van der Waals surface area contributed by atoms with Crippen LogP contribution in [0.1, 0.15) is 19.0 Å². The molecule has 0 bridgehead atoms. The Hall–Kier alpha value is -1.29. The van der Waals surface area contributed by atoms with Gasteiger partial charge in [0.2, 0.25) is 0 Å². The van der Waals surface area contributed by atoms with Gasteiger partial charge in [-0.2, -0.15) is 5.10 Å². The lowest BCUT2D eigenvalue weighted by Gasteiger charge is -2.23. The molecule has 0 radical (unpaired) electrons. The van der Waals surface area contributed by atoms with E-state index in [9.17, 15) is 0 Å². The van der Waals surface area contributed by atoms with E-state index in [1.165, 1.54) is 5.69 Å². The molecule has 0 spiro atoms. The number of aromatic nitrogens is 3. The van der Waals surface area contributed by atoms with Gasteiger partial charge in [0, 0.05) is 12.1 Å². The monoisotopic (exact) mass is 222 g/mol. The molecule has 5 heteroatoms. The minimum atomic E-state index is 0.495. The van der Waals surface area contributed by atoms with Crippen LogP contribution in [0.2, 0.25) is 5.15 Å². The van der Waals surface area contributed by atoms with E-state index >= 15 is 0 Å². The van der Waals surface area contributed by atoms with Gasteiger partial charge in [-0.25, -0.2) is 9.50 Å². The van der Waals surface area contributed by atoms with Crippen LogP contribution in [0.3, 0.4) is 0 Å². The largest absolute Gasteiger partial charge is 0.380 e. The second-order valence-corrected chi connectivity index (χ2v) is 4.33. The molecule has 0 aromatic carbocycles. The van der Waals surface area contributed by atoms with Crippen molar-refractivity contribution in [2.45, 2.75) is 25.8 Å². The number of fused-ring (bicyclic) bond motifs is 3. The van der Waals surface area contributed by atoms with Crippen LogP contribution in [0.25, 0.3) is 5.65 Å². The topological polar surface area (TPSA) is 42.2 Å². The number of nitrogens with zero attached hydrogens (tertiary/aromatic N) is 3. The van der Waals surface area contributed by atoms with Crippen LogP contribution in [0.5, 0.6) is 0 Å². The second kappa shape index (κ2) is 3.10. The molecule has 1 aliphatic rings. The molecule has 1 N–H and O–H groups in total. The van der Waals surface area contributed by atoms with E-state index in [0.717, 1.165) is 24.2 Å². The summed E-state index contributed by atoms with van der Waals surface area (Å²) in [4.78, 5) is 4.30. The van der Waals surface area contributed by atoms with Crippen LogP contribution >= 0.6 is 11.6 Å². The summed E-state index contributed by atoms with van der Waals surface area (Å²) in [5.41, 5.74) is 3.06. The van der Waals surface area contributed by atoms with Gasteiger partial charge >= 0.3 is 0 Å². The molecule has 0 saturated heterocycles. The van der Waals surface area contributed by atoms with Gasteiger partial charge in [-0.1, -0.05) is 11.6 Å². The number of hydrogen-bond donors (Lipinski definition) is 1. The smallest absolute Gasteiger partial charge is 0.156 e. The van der Waals surface area contributed by atoms with Crippen molar-refractivity contribution in [1.82, 2.24) is 14.6 Å². The molecule has 15 heavy (non-hydrogen) atoms. The first-order valence-electron chi connectivity index (χ1n) is 5.04. The van der Waals surface area contributed by atoms with Crippen LogP contribution in [-0.2, 0) is 6.42 Å². The summed E-state index contributed by atoms with van der Waals surface area (Å²) in [6.07, 6.45) is 3.99. The third kappa shape index (κ3) is 1.36. The number of hydrogen-bond acceptors (Lipinski definition) is 3. The molecule has 0 aliphatic carbocycles. The van der Waals surface area contributed by atoms with E-state index in [-0.39, 0.29) is 0 Å². The van der Waals surface area contributed by atoms with Crippen molar-refractivity contribution in [2.24, 2.45) is 0 Å². The minimum absolute atomic E-state index is 0.495. The minimum Gasteiger partial charge on any atom is -0.380 e. The van der Waals surface area contributed by atoms with E-state index in [0.29, 0.717) is 11.2 Å². The normalized spacial score (nSPS) is 20.0. The fourth-order valence-electron chi connectivity index (χ4n) is 2.01. The first kappa shape index (κ1) is 8.97. The van der Waals surface area contributed by atoms with Gasteiger partial charge in [-0.05, 0) is 19.8 Å². The Balaban J connectivity index is 2.24.